The molecule has 3 rings (SSSR count). The lowest BCUT2D eigenvalue weighted by atomic mass is 9.90. The normalized spacial score (nSPS) is 14.6. The zero-order valence-corrected chi connectivity index (χ0v) is 17.4. The second kappa shape index (κ2) is 8.97. The minimum absolute atomic E-state index is 0.167. The summed E-state index contributed by atoms with van der Waals surface area (Å²) < 4.78 is 0. The van der Waals surface area contributed by atoms with E-state index in [1.54, 1.807) is 6.08 Å². The van der Waals surface area contributed by atoms with Crippen LogP contribution in [-0.2, 0) is 0 Å². The third-order valence-corrected chi connectivity index (χ3v) is 5.25. The zero-order valence-electron chi connectivity index (χ0n) is 17.4. The molecule has 1 aliphatic heterocycles. The molecule has 2 aromatic carbocycles. The number of carbonyl (C=O) groups is 2. The van der Waals surface area contributed by atoms with Crippen molar-refractivity contribution >= 4 is 29.4 Å². The Morgan fingerprint density at radius 1 is 1.17 bits per heavy atom. The molecule has 30 heavy (non-hydrogen) atoms. The molecule has 2 aromatic rings. The van der Waals surface area contributed by atoms with Crippen molar-refractivity contribution in [3.05, 3.63) is 64.7 Å². The highest BCUT2D eigenvalue weighted by molar-refractivity contribution is 6.12. The van der Waals surface area contributed by atoms with Crippen molar-refractivity contribution in [1.82, 2.24) is 4.90 Å². The van der Waals surface area contributed by atoms with Crippen LogP contribution >= 0.6 is 0 Å². The number of benzene rings is 2. The number of hydrogen-bond donors (Lipinski definition) is 2. The maximum absolute atomic E-state index is 12.8. The van der Waals surface area contributed by atoms with Crippen molar-refractivity contribution in [3.63, 3.8) is 0 Å². The van der Waals surface area contributed by atoms with Crippen LogP contribution in [0.2, 0.25) is 0 Å². The lowest BCUT2D eigenvalue weighted by Gasteiger charge is -2.24. The number of phenolic OH excluding ortho intramolecular Hbond substituents is 2. The Morgan fingerprint density at radius 2 is 1.87 bits per heavy atom. The predicted octanol–water partition coefficient (Wildman–Crippen LogP) is 3.59. The van der Waals surface area contributed by atoms with Crippen molar-refractivity contribution in [3.8, 4) is 11.5 Å². The van der Waals surface area contributed by atoms with Gasteiger partial charge in [-0.25, -0.2) is 0 Å². The molecular formula is C24H26N2O4. The smallest absolute Gasteiger partial charge is 0.193 e. The number of anilines is 1. The Kier molecular flexibility index (Phi) is 6.37. The van der Waals surface area contributed by atoms with Crippen molar-refractivity contribution in [2.24, 2.45) is 0 Å². The summed E-state index contributed by atoms with van der Waals surface area (Å²) in [5, 5.41) is 21.2. The van der Waals surface area contributed by atoms with E-state index in [1.165, 1.54) is 12.1 Å². The summed E-state index contributed by atoms with van der Waals surface area (Å²) >= 11 is 0. The van der Waals surface area contributed by atoms with Gasteiger partial charge in [0.05, 0.1) is 0 Å². The Bertz CT molecular complexity index is 1020. The molecule has 0 bridgehead atoms. The van der Waals surface area contributed by atoms with Crippen LogP contribution in [0.1, 0.15) is 38.3 Å². The Hall–Kier alpha value is -3.38. The predicted molar refractivity (Wildman–Crippen MR) is 119 cm³/mol. The van der Waals surface area contributed by atoms with Gasteiger partial charge in [-0.1, -0.05) is 24.3 Å². The molecule has 0 saturated heterocycles. The van der Waals surface area contributed by atoms with Crippen molar-refractivity contribution < 1.29 is 19.8 Å². The number of phenols is 2. The lowest BCUT2D eigenvalue weighted by molar-refractivity contribution is 0.104. The van der Waals surface area contributed by atoms with Gasteiger partial charge in [-0.3, -0.25) is 9.59 Å². The van der Waals surface area contributed by atoms with E-state index in [1.807, 2.05) is 56.4 Å². The minimum atomic E-state index is -0.533. The van der Waals surface area contributed by atoms with E-state index in [-0.39, 0.29) is 16.9 Å². The van der Waals surface area contributed by atoms with E-state index in [4.69, 9.17) is 0 Å². The molecule has 0 radical (unpaired) electrons. The van der Waals surface area contributed by atoms with Gasteiger partial charge in [0.15, 0.2) is 12.1 Å². The van der Waals surface area contributed by atoms with Crippen LogP contribution in [0.4, 0.5) is 5.69 Å². The Balaban J connectivity index is 1.95. The molecular weight excluding hydrogens is 380 g/mol. The fourth-order valence-electron chi connectivity index (χ4n) is 3.48. The number of carbonyl (C=O) groups excluding carboxylic acids is 2. The Labute approximate surface area is 176 Å². The highest BCUT2D eigenvalue weighted by Gasteiger charge is 2.24. The standard InChI is InChI=1S/C24H26N2O4/c1-25(2)19-7-4-16(5-8-19)6-9-20(28)23-21(29)14-18(15-27)22(24(23)30)17-10-12-26(3)13-11-17/h4-10,14-15,29-30H,11-13H2,1-3H3/b9-6+. The van der Waals surface area contributed by atoms with Crippen molar-refractivity contribution in [1.29, 1.82) is 0 Å². The van der Waals surface area contributed by atoms with E-state index in [2.05, 4.69) is 4.90 Å². The Morgan fingerprint density at radius 3 is 2.43 bits per heavy atom. The molecule has 1 aliphatic rings. The summed E-state index contributed by atoms with van der Waals surface area (Å²) in [7, 11) is 5.87. The number of hydrogen-bond acceptors (Lipinski definition) is 6. The third-order valence-electron chi connectivity index (χ3n) is 5.25. The van der Waals surface area contributed by atoms with E-state index in [0.29, 0.717) is 24.8 Å². The first-order chi connectivity index (χ1) is 14.3. The fourth-order valence-corrected chi connectivity index (χ4v) is 3.48. The van der Waals surface area contributed by atoms with Crippen LogP contribution in [-0.4, -0.2) is 61.4 Å². The van der Waals surface area contributed by atoms with E-state index >= 15 is 0 Å². The topological polar surface area (TPSA) is 81.1 Å². The van der Waals surface area contributed by atoms with E-state index < -0.39 is 11.5 Å². The van der Waals surface area contributed by atoms with Crippen LogP contribution in [0, 0.1) is 0 Å². The summed E-state index contributed by atoms with van der Waals surface area (Å²) in [5.41, 5.74) is 2.94. The average Bonchev–Trinajstić information content (AvgIpc) is 2.73. The number of allylic oxidation sites excluding steroid dienone is 1. The van der Waals surface area contributed by atoms with Gasteiger partial charge >= 0.3 is 0 Å². The number of ketones is 1. The molecule has 0 saturated carbocycles. The van der Waals surface area contributed by atoms with E-state index in [9.17, 15) is 19.8 Å². The summed E-state index contributed by atoms with van der Waals surface area (Å²) in [6, 6.07) is 8.87. The maximum atomic E-state index is 12.8. The molecule has 156 valence electrons. The summed E-state index contributed by atoms with van der Waals surface area (Å²) in [5.74, 6) is -1.30. The van der Waals surface area contributed by atoms with E-state index in [0.717, 1.165) is 23.4 Å². The van der Waals surface area contributed by atoms with Gasteiger partial charge < -0.3 is 20.0 Å². The first-order valence-electron chi connectivity index (χ1n) is 9.73. The number of aromatic hydroxyl groups is 2. The van der Waals surface area contributed by atoms with Crippen LogP contribution < -0.4 is 4.90 Å². The van der Waals surface area contributed by atoms with Gasteiger partial charge in [0, 0.05) is 44.0 Å². The molecule has 2 N–H and O–H groups in total. The van der Waals surface area contributed by atoms with Crippen molar-refractivity contribution in [2.75, 3.05) is 39.1 Å². The highest BCUT2D eigenvalue weighted by Crippen LogP contribution is 2.39. The molecule has 6 heteroatoms. The van der Waals surface area contributed by atoms with Gasteiger partial charge in [0.2, 0.25) is 0 Å². The maximum Gasteiger partial charge on any atom is 0.193 e. The van der Waals surface area contributed by atoms with Crippen LogP contribution in [0.15, 0.2) is 42.5 Å². The molecule has 0 aromatic heterocycles. The second-order valence-electron chi connectivity index (χ2n) is 7.63. The van der Waals surface area contributed by atoms with Crippen LogP contribution in [0.5, 0.6) is 11.5 Å². The molecule has 0 unspecified atom stereocenters. The SMILES string of the molecule is CN1CC=C(c2c(C=O)cc(O)c(C(=O)/C=C/c3ccc(N(C)C)cc3)c2O)CC1. The fraction of sp³-hybridized carbons (Fsp3) is 0.250. The highest BCUT2D eigenvalue weighted by atomic mass is 16.3. The molecule has 0 amide bonds. The molecule has 0 spiro atoms. The average molecular weight is 406 g/mol. The monoisotopic (exact) mass is 406 g/mol. The van der Waals surface area contributed by atoms with Gasteiger partial charge in [-0.2, -0.15) is 0 Å². The second-order valence-corrected chi connectivity index (χ2v) is 7.63. The summed E-state index contributed by atoms with van der Waals surface area (Å²) in [6.45, 7) is 1.46. The van der Waals surface area contributed by atoms with Gasteiger partial charge in [-0.05, 0) is 48.9 Å². The quantitative estimate of drug-likeness (QED) is 0.434. The minimum Gasteiger partial charge on any atom is -0.507 e. The number of likely N-dealkylation sites (N-methyl/N-ethyl adjacent to an activating group) is 1. The molecule has 1 heterocycles. The molecule has 0 aliphatic carbocycles. The van der Waals surface area contributed by atoms with Gasteiger partial charge in [-0.15, -0.1) is 0 Å². The largest absolute Gasteiger partial charge is 0.507 e. The molecule has 6 nitrogen and oxygen atoms in total. The first kappa shape index (κ1) is 21.3. The molecule has 0 atom stereocenters. The number of nitrogens with zero attached hydrogens (tertiary/aromatic N) is 2. The van der Waals surface area contributed by atoms with Crippen LogP contribution in [0.3, 0.4) is 0 Å². The number of aldehydes is 1. The molecule has 0 fully saturated rings. The zero-order chi connectivity index (χ0) is 21.8. The summed E-state index contributed by atoms with van der Waals surface area (Å²) in [6.07, 6.45) is 6.09. The number of rotatable bonds is 6. The lowest BCUT2D eigenvalue weighted by Crippen LogP contribution is -2.24. The van der Waals surface area contributed by atoms with Crippen LogP contribution in [0.25, 0.3) is 11.6 Å². The summed E-state index contributed by atoms with van der Waals surface area (Å²) in [4.78, 5) is 28.4. The van der Waals surface area contributed by atoms with Gasteiger partial charge in [0.25, 0.3) is 0 Å². The third kappa shape index (κ3) is 4.44. The first-order valence-corrected chi connectivity index (χ1v) is 9.73. The van der Waals surface area contributed by atoms with Gasteiger partial charge in [0.1, 0.15) is 17.1 Å². The van der Waals surface area contributed by atoms with Crippen molar-refractivity contribution in [2.45, 2.75) is 6.42 Å².